The van der Waals surface area contributed by atoms with Gasteiger partial charge in [0, 0.05) is 19.8 Å². The van der Waals surface area contributed by atoms with Gasteiger partial charge in [-0.2, -0.15) is 0 Å². The fourth-order valence-electron chi connectivity index (χ4n) is 2.73. The van der Waals surface area contributed by atoms with E-state index in [1.807, 2.05) is 35.8 Å². The Balaban J connectivity index is 1.89. The van der Waals surface area contributed by atoms with Crippen LogP contribution in [-0.2, 0) is 11.3 Å². The summed E-state index contributed by atoms with van der Waals surface area (Å²) in [6.45, 7) is 3.80. The number of rotatable bonds is 7. The molecule has 0 aliphatic heterocycles. The van der Waals surface area contributed by atoms with Crippen LogP contribution >= 0.6 is 23.2 Å². The number of para-hydroxylation sites is 2. The van der Waals surface area contributed by atoms with Gasteiger partial charge in [0.1, 0.15) is 5.82 Å². The summed E-state index contributed by atoms with van der Waals surface area (Å²) in [4.78, 5) is 17.1. The number of hydrogen-bond donors (Lipinski definition) is 1. The van der Waals surface area contributed by atoms with Crippen LogP contribution < -0.4 is 5.32 Å². The summed E-state index contributed by atoms with van der Waals surface area (Å²) < 4.78 is 21.0. The number of carbonyl (C=O) groups excluding carboxylic acids is 1. The third-order valence-corrected chi connectivity index (χ3v) is 4.61. The second-order valence-corrected chi connectivity index (χ2v) is 6.64. The topological polar surface area (TPSA) is 56.1 Å². The lowest BCUT2D eigenvalue weighted by Crippen LogP contribution is -2.17. The van der Waals surface area contributed by atoms with E-state index >= 15 is 0 Å². The van der Waals surface area contributed by atoms with E-state index in [0.717, 1.165) is 23.5 Å². The number of fused-ring (bicyclic) bond motifs is 1. The van der Waals surface area contributed by atoms with Crippen molar-refractivity contribution in [2.24, 2.45) is 0 Å². The summed E-state index contributed by atoms with van der Waals surface area (Å²) in [5.74, 6) is -0.905. The Morgan fingerprint density at radius 1 is 1.26 bits per heavy atom. The van der Waals surface area contributed by atoms with Gasteiger partial charge >= 0.3 is 0 Å². The number of benzene rings is 2. The van der Waals surface area contributed by atoms with Crippen molar-refractivity contribution < 1.29 is 13.9 Å². The molecule has 2 aromatic carbocycles. The van der Waals surface area contributed by atoms with Crippen LogP contribution in [0, 0.1) is 5.82 Å². The number of anilines is 1. The molecule has 0 aliphatic carbocycles. The Hall–Kier alpha value is -2.15. The van der Waals surface area contributed by atoms with Crippen LogP contribution in [0.1, 0.15) is 23.7 Å². The molecule has 0 atom stereocenters. The van der Waals surface area contributed by atoms with Gasteiger partial charge in [-0.05, 0) is 37.6 Å². The van der Waals surface area contributed by atoms with E-state index in [-0.39, 0.29) is 15.6 Å². The first-order valence-corrected chi connectivity index (χ1v) is 9.25. The monoisotopic (exact) mass is 409 g/mol. The molecule has 0 fully saturated rings. The van der Waals surface area contributed by atoms with Crippen LogP contribution in [0.5, 0.6) is 0 Å². The molecule has 27 heavy (non-hydrogen) atoms. The normalized spacial score (nSPS) is 11.1. The van der Waals surface area contributed by atoms with E-state index in [4.69, 9.17) is 27.9 Å². The van der Waals surface area contributed by atoms with E-state index in [2.05, 4.69) is 10.3 Å². The number of nitrogens with zero attached hydrogens (tertiary/aromatic N) is 2. The summed E-state index contributed by atoms with van der Waals surface area (Å²) in [5, 5.41) is 2.65. The van der Waals surface area contributed by atoms with Crippen molar-refractivity contribution in [2.75, 3.05) is 18.5 Å². The maximum Gasteiger partial charge on any atom is 0.259 e. The molecule has 0 unspecified atom stereocenters. The van der Waals surface area contributed by atoms with E-state index in [9.17, 15) is 9.18 Å². The fraction of sp³-hybridized carbons (Fsp3) is 0.263. The number of aryl methyl sites for hydroxylation is 1. The van der Waals surface area contributed by atoms with Crippen LogP contribution in [0.2, 0.25) is 10.0 Å². The SMILES string of the molecule is CCOCCCn1c(NC(=O)c2cc(F)c(Cl)cc2Cl)nc2ccccc21. The summed E-state index contributed by atoms with van der Waals surface area (Å²) in [7, 11) is 0. The maximum absolute atomic E-state index is 13.7. The van der Waals surface area contributed by atoms with E-state index in [0.29, 0.717) is 25.7 Å². The smallest absolute Gasteiger partial charge is 0.259 e. The molecule has 0 bridgehead atoms. The van der Waals surface area contributed by atoms with E-state index < -0.39 is 11.7 Å². The highest BCUT2D eigenvalue weighted by atomic mass is 35.5. The summed E-state index contributed by atoms with van der Waals surface area (Å²) in [5.41, 5.74) is 1.63. The summed E-state index contributed by atoms with van der Waals surface area (Å²) in [6, 6.07) is 9.78. The maximum atomic E-state index is 13.7. The van der Waals surface area contributed by atoms with Gasteiger partial charge in [-0.25, -0.2) is 9.37 Å². The Morgan fingerprint density at radius 3 is 2.81 bits per heavy atom. The first-order valence-electron chi connectivity index (χ1n) is 8.50. The first-order chi connectivity index (χ1) is 13.0. The van der Waals surface area contributed by atoms with Gasteiger partial charge in [-0.15, -0.1) is 0 Å². The fourth-order valence-corrected chi connectivity index (χ4v) is 3.20. The second-order valence-electron chi connectivity index (χ2n) is 5.83. The molecule has 0 aliphatic rings. The third-order valence-electron chi connectivity index (χ3n) is 4.01. The van der Waals surface area contributed by atoms with E-state index in [1.165, 1.54) is 6.07 Å². The van der Waals surface area contributed by atoms with Gasteiger partial charge in [0.05, 0.1) is 26.6 Å². The molecule has 0 saturated carbocycles. The number of ether oxygens (including phenoxy) is 1. The Morgan fingerprint density at radius 2 is 2.04 bits per heavy atom. The molecule has 0 saturated heterocycles. The predicted octanol–water partition coefficient (Wildman–Crippen LogP) is 5.16. The third kappa shape index (κ3) is 4.40. The van der Waals surface area contributed by atoms with Crippen LogP contribution in [0.4, 0.5) is 10.3 Å². The average molecular weight is 410 g/mol. The molecule has 1 heterocycles. The zero-order valence-corrected chi connectivity index (χ0v) is 16.1. The minimum Gasteiger partial charge on any atom is -0.382 e. The van der Waals surface area contributed by atoms with Crippen molar-refractivity contribution in [3.8, 4) is 0 Å². The molecule has 1 aromatic heterocycles. The van der Waals surface area contributed by atoms with Gasteiger partial charge in [-0.1, -0.05) is 35.3 Å². The highest BCUT2D eigenvalue weighted by Gasteiger charge is 2.18. The van der Waals surface area contributed by atoms with Gasteiger partial charge < -0.3 is 9.30 Å². The lowest BCUT2D eigenvalue weighted by Gasteiger charge is -2.11. The van der Waals surface area contributed by atoms with E-state index in [1.54, 1.807) is 0 Å². The number of carbonyl (C=O) groups is 1. The molecule has 8 heteroatoms. The van der Waals surface area contributed by atoms with Crippen LogP contribution in [0.3, 0.4) is 0 Å². The molecular weight excluding hydrogens is 392 g/mol. The number of amides is 1. The number of nitrogens with one attached hydrogen (secondary N) is 1. The summed E-state index contributed by atoms with van der Waals surface area (Å²) >= 11 is 11.7. The lowest BCUT2D eigenvalue weighted by atomic mass is 10.2. The summed E-state index contributed by atoms with van der Waals surface area (Å²) in [6.07, 6.45) is 0.757. The lowest BCUT2D eigenvalue weighted by molar-refractivity contribution is 0.102. The second kappa shape index (κ2) is 8.69. The van der Waals surface area contributed by atoms with Crippen LogP contribution in [0.25, 0.3) is 11.0 Å². The molecule has 1 N–H and O–H groups in total. The number of imidazole rings is 1. The van der Waals surface area contributed by atoms with Crippen LogP contribution in [0.15, 0.2) is 36.4 Å². The quantitative estimate of drug-likeness (QED) is 0.432. The standard InChI is InChI=1S/C19H18Cl2FN3O2/c1-2-27-9-5-8-25-17-7-4-3-6-16(17)23-19(25)24-18(26)12-10-15(22)14(21)11-13(12)20/h3-4,6-7,10-11H,2,5,8-9H2,1H3,(H,23,24,26). The largest absolute Gasteiger partial charge is 0.382 e. The van der Waals surface area contributed by atoms with Crippen LogP contribution in [-0.4, -0.2) is 28.7 Å². The molecule has 3 rings (SSSR count). The van der Waals surface area contributed by atoms with Crippen molar-refractivity contribution >= 4 is 46.1 Å². The van der Waals surface area contributed by atoms with Gasteiger partial charge in [-0.3, -0.25) is 10.1 Å². The molecule has 0 spiro atoms. The highest BCUT2D eigenvalue weighted by molar-refractivity contribution is 6.37. The minimum atomic E-state index is -0.712. The Kier molecular flexibility index (Phi) is 6.31. The number of aromatic nitrogens is 2. The zero-order valence-electron chi connectivity index (χ0n) is 14.6. The van der Waals surface area contributed by atoms with Gasteiger partial charge in [0.25, 0.3) is 5.91 Å². The molecule has 5 nitrogen and oxygen atoms in total. The average Bonchev–Trinajstić information content (AvgIpc) is 2.99. The Bertz CT molecular complexity index is 975. The van der Waals surface area contributed by atoms with Crippen molar-refractivity contribution in [2.45, 2.75) is 19.9 Å². The zero-order chi connectivity index (χ0) is 19.4. The molecular formula is C19H18Cl2FN3O2. The van der Waals surface area contributed by atoms with Crippen molar-refractivity contribution in [1.82, 2.24) is 9.55 Å². The first kappa shape index (κ1) is 19.6. The molecule has 3 aromatic rings. The van der Waals surface area contributed by atoms with Crippen molar-refractivity contribution in [3.63, 3.8) is 0 Å². The van der Waals surface area contributed by atoms with Gasteiger partial charge in [0.2, 0.25) is 5.95 Å². The number of hydrogen-bond acceptors (Lipinski definition) is 3. The van der Waals surface area contributed by atoms with Crippen molar-refractivity contribution in [1.29, 1.82) is 0 Å². The molecule has 0 radical (unpaired) electrons. The number of halogens is 3. The predicted molar refractivity (Wildman–Crippen MR) is 105 cm³/mol. The minimum absolute atomic E-state index is 0.00788. The molecule has 1 amide bonds. The molecule has 142 valence electrons. The van der Waals surface area contributed by atoms with Crippen molar-refractivity contribution in [3.05, 3.63) is 57.8 Å². The Labute approximate surface area is 166 Å². The van der Waals surface area contributed by atoms with Gasteiger partial charge in [0.15, 0.2) is 0 Å². The highest BCUT2D eigenvalue weighted by Crippen LogP contribution is 2.26.